The van der Waals surface area contributed by atoms with Gasteiger partial charge in [0.25, 0.3) is 5.91 Å². The average molecular weight is 358 g/mol. The lowest BCUT2D eigenvalue weighted by Gasteiger charge is -2.16. The Hall–Kier alpha value is -2.58. The summed E-state index contributed by atoms with van der Waals surface area (Å²) in [5.41, 5.74) is 0.273. The number of carbonyl (C=O) groups excluding carboxylic acids is 2. The Kier molecular flexibility index (Phi) is 5.34. The summed E-state index contributed by atoms with van der Waals surface area (Å²) in [5.74, 6) is -2.72. The van der Waals surface area contributed by atoms with Crippen molar-refractivity contribution in [1.29, 1.82) is 0 Å². The van der Waals surface area contributed by atoms with Gasteiger partial charge in [-0.2, -0.15) is 13.2 Å². The van der Waals surface area contributed by atoms with Crippen LogP contribution >= 0.6 is 0 Å². The number of anilines is 1. The molecule has 1 saturated carbocycles. The van der Waals surface area contributed by atoms with Gasteiger partial charge >= 0.3 is 12.1 Å². The molecular formula is C16H17F3N2O4. The minimum absolute atomic E-state index is 0.0462. The van der Waals surface area contributed by atoms with Gasteiger partial charge in [0.05, 0.1) is 6.42 Å². The summed E-state index contributed by atoms with van der Waals surface area (Å²) in [7, 11) is 0. The van der Waals surface area contributed by atoms with E-state index < -0.39 is 30.5 Å². The number of amides is 2. The number of alkyl halides is 3. The van der Waals surface area contributed by atoms with Gasteiger partial charge < -0.3 is 15.7 Å². The number of benzene rings is 1. The number of rotatable bonds is 6. The van der Waals surface area contributed by atoms with Crippen molar-refractivity contribution in [3.8, 4) is 0 Å². The normalized spacial score (nSPS) is 20.5. The maximum Gasteiger partial charge on any atom is 0.391 e. The Morgan fingerprint density at radius 2 is 1.96 bits per heavy atom. The van der Waals surface area contributed by atoms with Crippen molar-refractivity contribution in [3.05, 3.63) is 29.8 Å². The molecule has 6 nitrogen and oxygen atoms in total. The number of hydrogen-bond donors (Lipinski definition) is 3. The van der Waals surface area contributed by atoms with E-state index in [2.05, 4.69) is 5.32 Å². The number of carboxylic acid groups (broad SMARTS) is 1. The van der Waals surface area contributed by atoms with Crippen LogP contribution < -0.4 is 10.6 Å². The molecule has 1 fully saturated rings. The summed E-state index contributed by atoms with van der Waals surface area (Å²) in [6, 6.07) is 3.49. The van der Waals surface area contributed by atoms with Crippen LogP contribution in [-0.4, -0.2) is 35.1 Å². The zero-order valence-electron chi connectivity index (χ0n) is 13.3. The minimum Gasteiger partial charge on any atom is -0.480 e. The highest BCUT2D eigenvalue weighted by Gasteiger charge is 2.39. The molecule has 1 aliphatic carbocycles. The summed E-state index contributed by atoms with van der Waals surface area (Å²) in [6.45, 7) is 1.93. The highest BCUT2D eigenvalue weighted by atomic mass is 19.4. The second kappa shape index (κ2) is 7.12. The molecular weight excluding hydrogens is 341 g/mol. The maximum atomic E-state index is 12.4. The fourth-order valence-corrected chi connectivity index (χ4v) is 2.33. The van der Waals surface area contributed by atoms with Gasteiger partial charge in [-0.3, -0.25) is 9.59 Å². The molecule has 0 aromatic heterocycles. The molecule has 0 spiro atoms. The van der Waals surface area contributed by atoms with E-state index in [0.29, 0.717) is 11.6 Å². The molecule has 2 amide bonds. The van der Waals surface area contributed by atoms with Crippen LogP contribution in [0.2, 0.25) is 0 Å². The Labute approximate surface area is 141 Å². The van der Waals surface area contributed by atoms with Crippen LogP contribution in [0, 0.1) is 11.8 Å². The van der Waals surface area contributed by atoms with E-state index in [1.807, 2.05) is 12.2 Å². The predicted molar refractivity (Wildman–Crippen MR) is 81.9 cm³/mol. The maximum absolute atomic E-state index is 12.4. The average Bonchev–Trinajstić information content (AvgIpc) is 3.22. The Balaban J connectivity index is 2.04. The SMILES string of the molecule is CC1CC1C(=O)Nc1cccc(C(=O)NC(CC(F)(F)F)C(=O)O)c1. The lowest BCUT2D eigenvalue weighted by atomic mass is 10.1. The van der Waals surface area contributed by atoms with Crippen LogP contribution in [0.3, 0.4) is 0 Å². The molecule has 3 atom stereocenters. The number of aliphatic carboxylic acids is 1. The quantitative estimate of drug-likeness (QED) is 0.728. The minimum atomic E-state index is -4.73. The van der Waals surface area contributed by atoms with Crippen molar-refractivity contribution in [2.75, 3.05) is 5.32 Å². The zero-order valence-corrected chi connectivity index (χ0v) is 13.3. The Morgan fingerprint density at radius 1 is 1.32 bits per heavy atom. The summed E-state index contributed by atoms with van der Waals surface area (Å²) < 4.78 is 37.1. The molecule has 25 heavy (non-hydrogen) atoms. The summed E-state index contributed by atoms with van der Waals surface area (Å²) in [5, 5.41) is 13.3. The number of halogens is 3. The Bertz CT molecular complexity index is 690. The molecule has 2 rings (SSSR count). The van der Waals surface area contributed by atoms with Crippen molar-refractivity contribution < 1.29 is 32.7 Å². The van der Waals surface area contributed by atoms with Gasteiger partial charge in [-0.15, -0.1) is 0 Å². The highest BCUT2D eigenvalue weighted by Crippen LogP contribution is 2.38. The van der Waals surface area contributed by atoms with Gasteiger partial charge in [-0.25, -0.2) is 4.79 Å². The van der Waals surface area contributed by atoms with Gasteiger partial charge in [0.1, 0.15) is 6.04 Å². The molecule has 1 aromatic rings. The second-order valence-corrected chi connectivity index (χ2v) is 6.07. The molecule has 0 heterocycles. The standard InChI is InChI=1S/C16H17F3N2O4/c1-8-5-11(8)14(23)20-10-4-2-3-9(6-10)13(22)21-12(15(24)25)7-16(17,18)19/h2-4,6,8,11-12H,5,7H2,1H3,(H,20,23)(H,21,22)(H,24,25). The van der Waals surface area contributed by atoms with Crippen LogP contribution in [0.15, 0.2) is 24.3 Å². The van der Waals surface area contributed by atoms with Crippen molar-refractivity contribution in [3.63, 3.8) is 0 Å². The molecule has 1 aromatic carbocycles. The summed E-state index contributed by atoms with van der Waals surface area (Å²) in [6.07, 6.45) is -5.62. The third-order valence-electron chi connectivity index (χ3n) is 3.88. The fraction of sp³-hybridized carbons (Fsp3) is 0.438. The van der Waals surface area contributed by atoms with E-state index in [0.717, 1.165) is 6.42 Å². The molecule has 3 unspecified atom stereocenters. The number of carbonyl (C=O) groups is 3. The first-order chi connectivity index (χ1) is 11.6. The van der Waals surface area contributed by atoms with Crippen LogP contribution in [0.25, 0.3) is 0 Å². The number of carboxylic acids is 1. The van der Waals surface area contributed by atoms with E-state index in [1.165, 1.54) is 24.3 Å². The van der Waals surface area contributed by atoms with E-state index in [1.54, 1.807) is 0 Å². The van der Waals surface area contributed by atoms with Crippen LogP contribution in [-0.2, 0) is 9.59 Å². The lowest BCUT2D eigenvalue weighted by molar-refractivity contribution is -0.157. The lowest BCUT2D eigenvalue weighted by Crippen LogP contribution is -2.43. The first-order valence-corrected chi connectivity index (χ1v) is 7.58. The predicted octanol–water partition coefficient (Wildman–Crippen LogP) is 2.42. The molecule has 136 valence electrons. The van der Waals surface area contributed by atoms with E-state index >= 15 is 0 Å². The van der Waals surface area contributed by atoms with Crippen molar-refractivity contribution >= 4 is 23.5 Å². The van der Waals surface area contributed by atoms with E-state index in [4.69, 9.17) is 5.11 Å². The number of nitrogens with one attached hydrogen (secondary N) is 2. The fourth-order valence-electron chi connectivity index (χ4n) is 2.33. The highest BCUT2D eigenvalue weighted by molar-refractivity contribution is 5.99. The summed E-state index contributed by atoms with van der Waals surface area (Å²) >= 11 is 0. The third kappa shape index (κ3) is 5.47. The largest absolute Gasteiger partial charge is 0.480 e. The first-order valence-electron chi connectivity index (χ1n) is 7.58. The van der Waals surface area contributed by atoms with Crippen molar-refractivity contribution in [2.45, 2.75) is 32.0 Å². The zero-order chi connectivity index (χ0) is 18.8. The topological polar surface area (TPSA) is 95.5 Å². The monoisotopic (exact) mass is 358 g/mol. The molecule has 3 N–H and O–H groups in total. The number of hydrogen-bond acceptors (Lipinski definition) is 3. The smallest absolute Gasteiger partial charge is 0.391 e. The van der Waals surface area contributed by atoms with Gasteiger partial charge in [0, 0.05) is 17.2 Å². The van der Waals surface area contributed by atoms with Crippen LogP contribution in [0.4, 0.5) is 18.9 Å². The van der Waals surface area contributed by atoms with Gasteiger partial charge in [-0.05, 0) is 30.5 Å². The second-order valence-electron chi connectivity index (χ2n) is 6.07. The third-order valence-corrected chi connectivity index (χ3v) is 3.88. The van der Waals surface area contributed by atoms with Gasteiger partial charge in [-0.1, -0.05) is 13.0 Å². The molecule has 0 radical (unpaired) electrons. The molecule has 0 bridgehead atoms. The Morgan fingerprint density at radius 3 is 2.48 bits per heavy atom. The van der Waals surface area contributed by atoms with Crippen molar-refractivity contribution in [2.24, 2.45) is 11.8 Å². The first kappa shape index (κ1) is 18.8. The van der Waals surface area contributed by atoms with Gasteiger partial charge in [0.15, 0.2) is 0 Å². The molecule has 0 aliphatic heterocycles. The van der Waals surface area contributed by atoms with Crippen molar-refractivity contribution in [1.82, 2.24) is 5.32 Å². The summed E-state index contributed by atoms with van der Waals surface area (Å²) in [4.78, 5) is 34.8. The van der Waals surface area contributed by atoms with Crippen LogP contribution in [0.5, 0.6) is 0 Å². The molecule has 1 aliphatic rings. The van der Waals surface area contributed by atoms with E-state index in [-0.39, 0.29) is 17.4 Å². The van der Waals surface area contributed by atoms with E-state index in [9.17, 15) is 27.6 Å². The van der Waals surface area contributed by atoms with Gasteiger partial charge in [0.2, 0.25) is 5.91 Å². The molecule has 9 heteroatoms. The molecule has 0 saturated heterocycles. The van der Waals surface area contributed by atoms with Crippen LogP contribution in [0.1, 0.15) is 30.1 Å².